The number of hydrogen-bond donors (Lipinski definition) is 1. The number of halogens is 2. The molecule has 0 unspecified atom stereocenters. The molecule has 0 saturated carbocycles. The molecule has 0 saturated heterocycles. The SMILES string of the molecule is CN(Cc1cn[nH]c1-c1ccc(F)cc1)C(=O)CCn1cc(Cl)cn1. The Morgan fingerprint density at radius 2 is 2.08 bits per heavy atom. The van der Waals surface area contributed by atoms with E-state index >= 15 is 0 Å². The molecular weight excluding hydrogens is 345 g/mol. The van der Waals surface area contributed by atoms with Crippen molar-refractivity contribution in [2.24, 2.45) is 0 Å². The Morgan fingerprint density at radius 1 is 1.32 bits per heavy atom. The second-order valence-corrected chi connectivity index (χ2v) is 6.13. The standard InChI is InChI=1S/C17H17ClFN5O/c1-23(16(25)6-7-24-11-14(18)9-21-24)10-13-8-20-22-17(13)12-2-4-15(19)5-3-12/h2-5,8-9,11H,6-7,10H2,1H3,(H,20,22). The number of carbonyl (C=O) groups is 1. The quantitative estimate of drug-likeness (QED) is 0.733. The van der Waals surface area contributed by atoms with E-state index in [4.69, 9.17) is 11.6 Å². The molecule has 1 amide bonds. The smallest absolute Gasteiger partial charge is 0.224 e. The number of carbonyl (C=O) groups excluding carboxylic acids is 1. The van der Waals surface area contributed by atoms with E-state index in [1.54, 1.807) is 41.2 Å². The Labute approximate surface area is 149 Å². The van der Waals surface area contributed by atoms with Gasteiger partial charge in [-0.2, -0.15) is 10.2 Å². The summed E-state index contributed by atoms with van der Waals surface area (Å²) in [6.45, 7) is 0.869. The van der Waals surface area contributed by atoms with E-state index in [0.717, 1.165) is 16.8 Å². The average molecular weight is 362 g/mol. The van der Waals surface area contributed by atoms with Gasteiger partial charge in [-0.05, 0) is 24.3 Å². The van der Waals surface area contributed by atoms with Crippen LogP contribution < -0.4 is 0 Å². The molecule has 0 atom stereocenters. The third-order valence-electron chi connectivity index (χ3n) is 3.84. The summed E-state index contributed by atoms with van der Waals surface area (Å²) in [4.78, 5) is 13.9. The van der Waals surface area contributed by atoms with Crippen LogP contribution in [-0.4, -0.2) is 37.8 Å². The fourth-order valence-electron chi connectivity index (χ4n) is 2.50. The molecular formula is C17H17ClFN5O. The molecule has 0 spiro atoms. The van der Waals surface area contributed by atoms with Crippen LogP contribution in [0.3, 0.4) is 0 Å². The molecule has 2 aromatic heterocycles. The molecule has 6 nitrogen and oxygen atoms in total. The van der Waals surface area contributed by atoms with Gasteiger partial charge >= 0.3 is 0 Å². The maximum atomic E-state index is 13.1. The molecule has 0 aliphatic carbocycles. The van der Waals surface area contributed by atoms with E-state index in [1.165, 1.54) is 18.3 Å². The Balaban J connectivity index is 1.63. The maximum Gasteiger partial charge on any atom is 0.224 e. The van der Waals surface area contributed by atoms with Crippen LogP contribution in [0.4, 0.5) is 4.39 Å². The Kier molecular flexibility index (Phi) is 5.14. The minimum atomic E-state index is -0.296. The number of amides is 1. The van der Waals surface area contributed by atoms with Crippen LogP contribution in [0.25, 0.3) is 11.3 Å². The highest BCUT2D eigenvalue weighted by molar-refractivity contribution is 6.30. The lowest BCUT2D eigenvalue weighted by Gasteiger charge is -2.17. The summed E-state index contributed by atoms with van der Waals surface area (Å²) in [5.74, 6) is -0.311. The molecule has 0 aliphatic heterocycles. The van der Waals surface area contributed by atoms with Crippen LogP contribution in [0.1, 0.15) is 12.0 Å². The molecule has 2 heterocycles. The predicted molar refractivity (Wildman–Crippen MR) is 92.3 cm³/mol. The number of aromatic amines is 1. The summed E-state index contributed by atoms with van der Waals surface area (Å²) < 4.78 is 14.7. The predicted octanol–water partition coefficient (Wildman–Crippen LogP) is 3.11. The van der Waals surface area contributed by atoms with Gasteiger partial charge in [-0.3, -0.25) is 14.6 Å². The Hall–Kier alpha value is -2.67. The lowest BCUT2D eigenvalue weighted by Crippen LogP contribution is -2.27. The van der Waals surface area contributed by atoms with Crippen molar-refractivity contribution in [3.63, 3.8) is 0 Å². The lowest BCUT2D eigenvalue weighted by molar-refractivity contribution is -0.130. The first-order chi connectivity index (χ1) is 12.0. The first-order valence-electron chi connectivity index (χ1n) is 7.73. The Bertz CT molecular complexity index is 858. The van der Waals surface area contributed by atoms with E-state index in [2.05, 4.69) is 15.3 Å². The van der Waals surface area contributed by atoms with Crippen LogP contribution >= 0.6 is 11.6 Å². The maximum absolute atomic E-state index is 13.1. The molecule has 0 bridgehead atoms. The van der Waals surface area contributed by atoms with E-state index in [-0.39, 0.29) is 11.7 Å². The molecule has 0 radical (unpaired) electrons. The largest absolute Gasteiger partial charge is 0.341 e. The van der Waals surface area contributed by atoms with Crippen molar-refractivity contribution >= 4 is 17.5 Å². The van der Waals surface area contributed by atoms with Gasteiger partial charge in [-0.1, -0.05) is 11.6 Å². The number of aromatic nitrogens is 4. The van der Waals surface area contributed by atoms with Crippen LogP contribution in [0.15, 0.2) is 42.9 Å². The number of benzene rings is 1. The van der Waals surface area contributed by atoms with E-state index in [9.17, 15) is 9.18 Å². The summed E-state index contributed by atoms with van der Waals surface area (Å²) in [5.41, 5.74) is 2.46. The first-order valence-corrected chi connectivity index (χ1v) is 8.11. The molecule has 0 fully saturated rings. The number of rotatable bonds is 6. The molecule has 25 heavy (non-hydrogen) atoms. The van der Waals surface area contributed by atoms with Gasteiger partial charge < -0.3 is 4.90 Å². The number of nitrogens with one attached hydrogen (secondary N) is 1. The highest BCUT2D eigenvalue weighted by Crippen LogP contribution is 2.22. The van der Waals surface area contributed by atoms with Crippen molar-refractivity contribution in [3.05, 3.63) is 59.3 Å². The fourth-order valence-corrected chi connectivity index (χ4v) is 2.66. The van der Waals surface area contributed by atoms with Crippen LogP contribution in [-0.2, 0) is 17.9 Å². The number of H-pyrrole nitrogens is 1. The van der Waals surface area contributed by atoms with Crippen molar-refractivity contribution < 1.29 is 9.18 Å². The van der Waals surface area contributed by atoms with E-state index in [0.29, 0.717) is 24.5 Å². The molecule has 3 rings (SSSR count). The zero-order chi connectivity index (χ0) is 17.8. The van der Waals surface area contributed by atoms with Gasteiger partial charge in [-0.15, -0.1) is 0 Å². The molecule has 130 valence electrons. The van der Waals surface area contributed by atoms with Crippen LogP contribution in [0.2, 0.25) is 5.02 Å². The third-order valence-corrected chi connectivity index (χ3v) is 4.04. The van der Waals surface area contributed by atoms with Gasteiger partial charge in [0, 0.05) is 43.9 Å². The summed E-state index contributed by atoms with van der Waals surface area (Å²) >= 11 is 5.81. The van der Waals surface area contributed by atoms with E-state index in [1.807, 2.05) is 0 Å². The summed E-state index contributed by atoms with van der Waals surface area (Å²) in [5, 5.41) is 11.5. The van der Waals surface area contributed by atoms with Crippen molar-refractivity contribution in [2.45, 2.75) is 19.5 Å². The fraction of sp³-hybridized carbons (Fsp3) is 0.235. The van der Waals surface area contributed by atoms with E-state index < -0.39 is 0 Å². The minimum absolute atomic E-state index is 0.0159. The zero-order valence-corrected chi connectivity index (χ0v) is 14.4. The van der Waals surface area contributed by atoms with Crippen molar-refractivity contribution in [2.75, 3.05) is 7.05 Å². The minimum Gasteiger partial charge on any atom is -0.341 e. The molecule has 0 aliphatic rings. The van der Waals surface area contributed by atoms with Gasteiger partial charge in [0.15, 0.2) is 0 Å². The third kappa shape index (κ3) is 4.24. The van der Waals surface area contributed by atoms with Gasteiger partial charge in [0.1, 0.15) is 5.82 Å². The second-order valence-electron chi connectivity index (χ2n) is 5.70. The van der Waals surface area contributed by atoms with Crippen LogP contribution in [0.5, 0.6) is 0 Å². The van der Waals surface area contributed by atoms with Crippen LogP contribution in [0, 0.1) is 5.82 Å². The second kappa shape index (κ2) is 7.48. The Morgan fingerprint density at radius 3 is 2.76 bits per heavy atom. The van der Waals surface area contributed by atoms with Gasteiger partial charge in [0.25, 0.3) is 0 Å². The highest BCUT2D eigenvalue weighted by atomic mass is 35.5. The zero-order valence-electron chi connectivity index (χ0n) is 13.6. The molecule has 1 aromatic carbocycles. The van der Waals surface area contributed by atoms with Gasteiger partial charge in [-0.25, -0.2) is 4.39 Å². The average Bonchev–Trinajstić information content (AvgIpc) is 3.22. The highest BCUT2D eigenvalue weighted by Gasteiger charge is 2.14. The summed E-state index contributed by atoms with van der Waals surface area (Å²) in [6.07, 6.45) is 5.21. The monoisotopic (exact) mass is 361 g/mol. The lowest BCUT2D eigenvalue weighted by atomic mass is 10.1. The first kappa shape index (κ1) is 17.2. The summed E-state index contributed by atoms with van der Waals surface area (Å²) in [6, 6.07) is 6.14. The molecule has 1 N–H and O–H groups in total. The van der Waals surface area contributed by atoms with Crippen molar-refractivity contribution in [3.8, 4) is 11.3 Å². The molecule has 8 heteroatoms. The summed E-state index contributed by atoms with van der Waals surface area (Å²) in [7, 11) is 1.74. The van der Waals surface area contributed by atoms with Crippen molar-refractivity contribution in [1.29, 1.82) is 0 Å². The van der Waals surface area contributed by atoms with Gasteiger partial charge in [0.2, 0.25) is 5.91 Å². The number of nitrogens with zero attached hydrogens (tertiary/aromatic N) is 4. The van der Waals surface area contributed by atoms with Gasteiger partial charge in [0.05, 0.1) is 23.1 Å². The van der Waals surface area contributed by atoms with Crippen molar-refractivity contribution in [1.82, 2.24) is 24.9 Å². The topological polar surface area (TPSA) is 66.8 Å². The normalized spacial score (nSPS) is 10.8. The number of aryl methyl sites for hydroxylation is 1. The number of hydrogen-bond acceptors (Lipinski definition) is 3. The molecule has 3 aromatic rings.